The highest BCUT2D eigenvalue weighted by Gasteiger charge is 2.22. The number of hydrogen-bond donors (Lipinski definition) is 1. The first-order valence-electron chi connectivity index (χ1n) is 6.49. The molecule has 1 N–H and O–H groups in total. The Morgan fingerprint density at radius 3 is 2.65 bits per heavy atom. The summed E-state index contributed by atoms with van der Waals surface area (Å²) in [5, 5.41) is 13.4. The fourth-order valence-corrected chi connectivity index (χ4v) is 2.42. The second-order valence-corrected chi connectivity index (χ2v) is 5.78. The number of alkyl halides is 1. The third kappa shape index (κ3) is 4.49. The van der Waals surface area contributed by atoms with E-state index < -0.39 is 10.8 Å². The molecule has 110 valence electrons. The van der Waals surface area contributed by atoms with Crippen molar-refractivity contribution in [2.75, 3.05) is 6.54 Å². The van der Waals surface area contributed by atoms with Gasteiger partial charge in [0.05, 0.1) is 10.3 Å². The van der Waals surface area contributed by atoms with Crippen LogP contribution < -0.4 is 5.32 Å². The van der Waals surface area contributed by atoms with Crippen molar-refractivity contribution < 1.29 is 9.72 Å². The highest BCUT2D eigenvalue weighted by molar-refractivity contribution is 6.21. The van der Waals surface area contributed by atoms with Gasteiger partial charge < -0.3 is 5.32 Å². The van der Waals surface area contributed by atoms with Crippen molar-refractivity contribution in [3.8, 4) is 0 Å². The van der Waals surface area contributed by atoms with E-state index in [4.69, 9.17) is 11.6 Å². The van der Waals surface area contributed by atoms with Crippen LogP contribution in [0.3, 0.4) is 0 Å². The molecule has 0 aromatic heterocycles. The highest BCUT2D eigenvalue weighted by atomic mass is 35.5. The van der Waals surface area contributed by atoms with E-state index in [9.17, 15) is 14.9 Å². The summed E-state index contributed by atoms with van der Waals surface area (Å²) in [6.07, 6.45) is 0.775. The first-order valence-corrected chi connectivity index (χ1v) is 6.92. The maximum atomic E-state index is 12.1. The van der Waals surface area contributed by atoms with Gasteiger partial charge in [-0.3, -0.25) is 14.9 Å². The van der Waals surface area contributed by atoms with Crippen LogP contribution in [0.5, 0.6) is 0 Å². The van der Waals surface area contributed by atoms with E-state index in [0.717, 1.165) is 6.42 Å². The monoisotopic (exact) mass is 298 g/mol. The minimum Gasteiger partial charge on any atom is -0.350 e. The Hall–Kier alpha value is -1.62. The lowest BCUT2D eigenvalue weighted by molar-refractivity contribution is -0.385. The number of carbonyl (C=O) groups excluding carboxylic acids is 1. The number of aryl methyl sites for hydroxylation is 1. The second kappa shape index (κ2) is 7.24. The van der Waals surface area contributed by atoms with E-state index in [1.165, 1.54) is 6.07 Å². The first kappa shape index (κ1) is 16.4. The summed E-state index contributed by atoms with van der Waals surface area (Å²) in [4.78, 5) is 22.5. The van der Waals surface area contributed by atoms with E-state index >= 15 is 0 Å². The molecule has 0 spiro atoms. The Morgan fingerprint density at radius 1 is 1.45 bits per heavy atom. The molecule has 1 amide bonds. The van der Waals surface area contributed by atoms with Crippen LogP contribution in [0.2, 0.25) is 0 Å². The Labute approximate surface area is 123 Å². The second-order valence-electron chi connectivity index (χ2n) is 5.16. The molecule has 1 rings (SSSR count). The number of nitro groups is 1. The summed E-state index contributed by atoms with van der Waals surface area (Å²) in [6, 6.07) is 4.57. The van der Waals surface area contributed by atoms with Crippen LogP contribution in [0.15, 0.2) is 18.2 Å². The van der Waals surface area contributed by atoms with Crippen molar-refractivity contribution >= 4 is 23.2 Å². The van der Waals surface area contributed by atoms with Gasteiger partial charge in [-0.1, -0.05) is 26.0 Å². The quantitative estimate of drug-likeness (QED) is 0.497. The van der Waals surface area contributed by atoms with Crippen LogP contribution >= 0.6 is 11.6 Å². The topological polar surface area (TPSA) is 72.2 Å². The van der Waals surface area contributed by atoms with Gasteiger partial charge in [0.1, 0.15) is 5.56 Å². The standard InChI is InChI=1S/C14H19ClN2O3/c1-9(2)7-11(15)8-16-14(18)13-10(3)5-4-6-12(13)17(19)20/h4-6,9,11H,7-8H2,1-3H3,(H,16,18). The molecule has 1 aromatic carbocycles. The lowest BCUT2D eigenvalue weighted by Gasteiger charge is -2.13. The van der Waals surface area contributed by atoms with Crippen molar-refractivity contribution in [3.05, 3.63) is 39.4 Å². The smallest absolute Gasteiger partial charge is 0.282 e. The number of amides is 1. The summed E-state index contributed by atoms with van der Waals surface area (Å²) in [6.45, 7) is 6.06. The van der Waals surface area contributed by atoms with Gasteiger partial charge in [0.25, 0.3) is 11.6 Å². The Balaban J connectivity index is 2.80. The zero-order valence-electron chi connectivity index (χ0n) is 11.9. The first-order chi connectivity index (χ1) is 9.32. The normalized spacial score (nSPS) is 12.2. The lowest BCUT2D eigenvalue weighted by atomic mass is 10.1. The van der Waals surface area contributed by atoms with Crippen LogP contribution in [0.4, 0.5) is 5.69 Å². The molecule has 0 bridgehead atoms. The van der Waals surface area contributed by atoms with Crippen molar-refractivity contribution in [2.24, 2.45) is 5.92 Å². The number of rotatable bonds is 6. The maximum absolute atomic E-state index is 12.1. The molecule has 0 saturated carbocycles. The van der Waals surface area contributed by atoms with Gasteiger partial charge in [-0.25, -0.2) is 0 Å². The molecule has 0 heterocycles. The summed E-state index contributed by atoms with van der Waals surface area (Å²) < 4.78 is 0. The van der Waals surface area contributed by atoms with Gasteiger partial charge in [0, 0.05) is 12.6 Å². The number of hydrogen-bond acceptors (Lipinski definition) is 3. The molecular weight excluding hydrogens is 280 g/mol. The van der Waals surface area contributed by atoms with Gasteiger partial charge in [-0.05, 0) is 24.8 Å². The average Bonchev–Trinajstić information content (AvgIpc) is 2.34. The molecule has 0 fully saturated rings. The highest BCUT2D eigenvalue weighted by Crippen LogP contribution is 2.21. The summed E-state index contributed by atoms with van der Waals surface area (Å²) in [5.74, 6) is -0.0218. The molecule has 1 atom stereocenters. The van der Waals surface area contributed by atoms with Gasteiger partial charge in [0.2, 0.25) is 0 Å². The summed E-state index contributed by atoms with van der Waals surface area (Å²) in [7, 11) is 0. The number of nitrogens with zero attached hydrogens (tertiary/aromatic N) is 1. The van der Waals surface area contributed by atoms with Crippen LogP contribution in [-0.2, 0) is 0 Å². The van der Waals surface area contributed by atoms with Crippen LogP contribution in [0.1, 0.15) is 36.2 Å². The van der Waals surface area contributed by atoms with Gasteiger partial charge in [-0.15, -0.1) is 11.6 Å². The van der Waals surface area contributed by atoms with Gasteiger partial charge >= 0.3 is 0 Å². The number of nitrogens with one attached hydrogen (secondary N) is 1. The summed E-state index contributed by atoms with van der Waals surface area (Å²) >= 11 is 6.10. The van der Waals surface area contributed by atoms with Crippen molar-refractivity contribution in [3.63, 3.8) is 0 Å². The molecule has 0 aliphatic heterocycles. The largest absolute Gasteiger partial charge is 0.350 e. The van der Waals surface area contributed by atoms with Crippen molar-refractivity contribution in [1.82, 2.24) is 5.32 Å². The minimum absolute atomic E-state index is 0.103. The predicted molar refractivity (Wildman–Crippen MR) is 79.3 cm³/mol. The molecule has 5 nitrogen and oxygen atoms in total. The molecule has 0 radical (unpaired) electrons. The number of nitro benzene ring substituents is 1. The van der Waals surface area contributed by atoms with Gasteiger partial charge in [-0.2, -0.15) is 0 Å². The number of benzene rings is 1. The third-order valence-electron chi connectivity index (χ3n) is 2.89. The molecular formula is C14H19ClN2O3. The third-order valence-corrected chi connectivity index (χ3v) is 3.22. The Bertz CT molecular complexity index is 503. The number of carbonyl (C=O) groups is 1. The van der Waals surface area contributed by atoms with E-state index in [1.807, 2.05) is 13.8 Å². The van der Waals surface area contributed by atoms with Gasteiger partial charge in [0.15, 0.2) is 0 Å². The van der Waals surface area contributed by atoms with Crippen LogP contribution in [-0.4, -0.2) is 22.8 Å². The number of halogens is 1. The summed E-state index contributed by atoms with van der Waals surface area (Å²) in [5.41, 5.74) is 0.495. The zero-order chi connectivity index (χ0) is 15.3. The zero-order valence-corrected chi connectivity index (χ0v) is 12.6. The maximum Gasteiger partial charge on any atom is 0.282 e. The molecule has 6 heteroatoms. The van der Waals surface area contributed by atoms with E-state index in [-0.39, 0.29) is 16.6 Å². The van der Waals surface area contributed by atoms with Crippen LogP contribution in [0.25, 0.3) is 0 Å². The average molecular weight is 299 g/mol. The van der Waals surface area contributed by atoms with Crippen molar-refractivity contribution in [1.29, 1.82) is 0 Å². The van der Waals surface area contributed by atoms with Crippen molar-refractivity contribution in [2.45, 2.75) is 32.6 Å². The minimum atomic E-state index is -0.547. The molecule has 20 heavy (non-hydrogen) atoms. The fraction of sp³-hybridized carbons (Fsp3) is 0.500. The van der Waals surface area contributed by atoms with Crippen LogP contribution in [0, 0.1) is 23.0 Å². The SMILES string of the molecule is Cc1cccc([N+](=O)[O-])c1C(=O)NCC(Cl)CC(C)C. The van der Waals surface area contributed by atoms with E-state index in [1.54, 1.807) is 19.1 Å². The molecule has 0 aliphatic carbocycles. The molecule has 0 aliphatic rings. The molecule has 0 saturated heterocycles. The lowest BCUT2D eigenvalue weighted by Crippen LogP contribution is -2.31. The fourth-order valence-electron chi connectivity index (χ4n) is 1.99. The van der Waals surface area contributed by atoms with E-state index in [2.05, 4.69) is 5.32 Å². The van der Waals surface area contributed by atoms with E-state index in [0.29, 0.717) is 18.0 Å². The Morgan fingerprint density at radius 2 is 2.10 bits per heavy atom. The molecule has 1 unspecified atom stereocenters. The molecule has 1 aromatic rings. The predicted octanol–water partition coefficient (Wildman–Crippen LogP) is 3.29. The Kier molecular flexibility index (Phi) is 5.95.